The molecule has 3 aliphatic rings. The molecule has 8 heteroatoms. The van der Waals surface area contributed by atoms with E-state index in [-0.39, 0.29) is 49.2 Å². The van der Waals surface area contributed by atoms with Gasteiger partial charge in [-0.2, -0.15) is 0 Å². The molecule has 0 saturated carbocycles. The molecule has 2 heterocycles. The number of carbonyl (C=O) groups is 1. The molecule has 5 aromatic rings. The minimum absolute atomic E-state index is 0.0640. The highest BCUT2D eigenvalue weighted by atomic mass is 19.2. The topological polar surface area (TPSA) is 54.8 Å². The van der Waals surface area contributed by atoms with Gasteiger partial charge in [0, 0.05) is 30.8 Å². The van der Waals surface area contributed by atoms with E-state index in [0.29, 0.717) is 5.56 Å². The van der Waals surface area contributed by atoms with Crippen LogP contribution in [0.4, 0.5) is 8.78 Å². The third-order valence-corrected chi connectivity index (χ3v) is 9.02. The molecule has 0 spiro atoms. The van der Waals surface area contributed by atoms with Crippen molar-refractivity contribution in [3.8, 4) is 5.75 Å². The van der Waals surface area contributed by atoms with Gasteiger partial charge in [-0.15, -0.1) is 0 Å². The van der Waals surface area contributed by atoms with E-state index in [1.165, 1.54) is 6.07 Å². The molecule has 1 atom stereocenters. The van der Waals surface area contributed by atoms with E-state index in [0.717, 1.165) is 33.9 Å². The van der Waals surface area contributed by atoms with Gasteiger partial charge in [0.15, 0.2) is 23.1 Å². The highest BCUT2D eigenvalue weighted by Gasteiger charge is 2.56. The van der Waals surface area contributed by atoms with E-state index in [1.807, 2.05) is 96.0 Å². The van der Waals surface area contributed by atoms with Gasteiger partial charge in [0.25, 0.3) is 5.91 Å². The number of rotatable bonds is 6. The van der Waals surface area contributed by atoms with E-state index in [9.17, 15) is 14.0 Å². The Balaban J connectivity index is 1.36. The molecule has 1 aromatic heterocycles. The third kappa shape index (κ3) is 4.05. The molecule has 0 fully saturated rings. The van der Waals surface area contributed by atoms with E-state index in [2.05, 4.69) is 0 Å². The largest absolute Gasteiger partial charge is 0.482 e. The quantitative estimate of drug-likeness (QED) is 0.235. The Kier molecular flexibility index (Phi) is 6.20. The summed E-state index contributed by atoms with van der Waals surface area (Å²) in [6.45, 7) is 0.455. The number of hydrogen-bond acceptors (Lipinski definition) is 4. The van der Waals surface area contributed by atoms with Crippen molar-refractivity contribution in [3.05, 3.63) is 176 Å². The van der Waals surface area contributed by atoms with Crippen LogP contribution < -0.4 is 15.2 Å². The van der Waals surface area contributed by atoms with Crippen molar-refractivity contribution >= 4 is 12.0 Å². The summed E-state index contributed by atoms with van der Waals surface area (Å²) < 4.78 is 37.9. The average Bonchev–Trinajstić information content (AvgIpc) is 3.56. The highest BCUT2D eigenvalue weighted by molar-refractivity contribution is 5.96. The van der Waals surface area contributed by atoms with Gasteiger partial charge in [-0.05, 0) is 39.5 Å². The molecule has 1 amide bonds. The lowest BCUT2D eigenvalue weighted by Gasteiger charge is -2.49. The van der Waals surface area contributed by atoms with Gasteiger partial charge in [-0.25, -0.2) is 8.78 Å². The number of fused-ring (bicyclic) bond motifs is 6. The summed E-state index contributed by atoms with van der Waals surface area (Å²) in [4.78, 5) is 29.5. The maximum Gasteiger partial charge on any atom is 0.278 e. The van der Waals surface area contributed by atoms with Crippen molar-refractivity contribution in [2.24, 2.45) is 0 Å². The zero-order valence-corrected chi connectivity index (χ0v) is 24.1. The van der Waals surface area contributed by atoms with Crippen molar-refractivity contribution in [2.75, 3.05) is 11.7 Å². The van der Waals surface area contributed by atoms with Gasteiger partial charge in [0.1, 0.15) is 18.8 Å². The number of amides is 1. The number of hydrogen-bond donors (Lipinski definition) is 0. The van der Waals surface area contributed by atoms with Crippen molar-refractivity contribution in [2.45, 2.75) is 25.1 Å². The molecule has 1 aliphatic heterocycles. The SMILES string of the molecule is O=C1c2c(OCc3ccccc3)c(=O)ccn2N(C23C(=Cc4ccccc42)Cc2c3ccc(F)c2F)CN1Cc1ccccc1. The smallest absolute Gasteiger partial charge is 0.278 e. The lowest BCUT2D eigenvalue weighted by atomic mass is 9.83. The Hall–Kier alpha value is -5.50. The van der Waals surface area contributed by atoms with Crippen molar-refractivity contribution in [3.63, 3.8) is 0 Å². The summed E-state index contributed by atoms with van der Waals surface area (Å²) in [6.07, 6.45) is 3.80. The second-order valence-electron chi connectivity index (χ2n) is 11.5. The number of benzene rings is 4. The maximum atomic E-state index is 15.5. The van der Waals surface area contributed by atoms with Crippen LogP contribution in [0.5, 0.6) is 5.75 Å². The number of carbonyl (C=O) groups excluding carboxylic acids is 1. The lowest BCUT2D eigenvalue weighted by Crippen LogP contribution is -2.62. The second-order valence-corrected chi connectivity index (χ2v) is 11.5. The fourth-order valence-corrected chi connectivity index (χ4v) is 7.07. The molecule has 6 nitrogen and oxygen atoms in total. The summed E-state index contributed by atoms with van der Waals surface area (Å²) in [5.74, 6) is -2.21. The van der Waals surface area contributed by atoms with Gasteiger partial charge >= 0.3 is 0 Å². The van der Waals surface area contributed by atoms with Crippen molar-refractivity contribution < 1.29 is 18.3 Å². The molecule has 45 heavy (non-hydrogen) atoms. The third-order valence-electron chi connectivity index (χ3n) is 9.02. The Bertz CT molecular complexity index is 2080. The van der Waals surface area contributed by atoms with Crippen molar-refractivity contribution in [1.82, 2.24) is 9.58 Å². The molecule has 0 saturated heterocycles. The van der Waals surface area contributed by atoms with E-state index in [4.69, 9.17) is 4.74 Å². The number of pyridine rings is 1. The van der Waals surface area contributed by atoms with Gasteiger partial charge in [0.2, 0.25) is 5.43 Å². The predicted molar refractivity (Wildman–Crippen MR) is 166 cm³/mol. The molecule has 0 bridgehead atoms. The fraction of sp³-hybridized carbons (Fsp3) is 0.135. The molecule has 0 N–H and O–H groups in total. The maximum absolute atomic E-state index is 15.5. The Morgan fingerprint density at radius 3 is 2.27 bits per heavy atom. The average molecular weight is 600 g/mol. The van der Waals surface area contributed by atoms with E-state index < -0.39 is 22.6 Å². The molecule has 222 valence electrons. The van der Waals surface area contributed by atoms with Crippen LogP contribution in [-0.4, -0.2) is 22.2 Å². The summed E-state index contributed by atoms with van der Waals surface area (Å²) in [5.41, 5.74) is 3.91. The first-order valence-electron chi connectivity index (χ1n) is 14.8. The number of nitrogens with zero attached hydrogens (tertiary/aromatic N) is 3. The first-order chi connectivity index (χ1) is 22.0. The minimum atomic E-state index is -1.07. The molecule has 4 aromatic carbocycles. The second kappa shape index (κ2) is 10.3. The lowest BCUT2D eigenvalue weighted by molar-refractivity contribution is 0.0649. The van der Waals surface area contributed by atoms with Gasteiger partial charge in [-0.1, -0.05) is 97.1 Å². The van der Waals surface area contributed by atoms with Crippen LogP contribution >= 0.6 is 0 Å². The Morgan fingerprint density at radius 2 is 1.49 bits per heavy atom. The first-order valence-corrected chi connectivity index (χ1v) is 14.8. The van der Waals surface area contributed by atoms with Gasteiger partial charge in [0.05, 0.1) is 0 Å². The standard InChI is InChI=1S/C37H27F2N3O3/c38-31-16-15-30-28(33(31)39)20-27-19-26-13-7-8-14-29(26)37(27,30)42-23-40(21-24-9-3-1-4-10-24)36(44)34-35(32(43)17-18-41(34)42)45-22-25-11-5-2-6-12-25/h1-19H,20-23H2. The number of ether oxygens (including phenoxy) is 1. The molecule has 8 rings (SSSR count). The predicted octanol–water partition coefficient (Wildman–Crippen LogP) is 6.15. The molecular formula is C37H27F2N3O3. The van der Waals surface area contributed by atoms with E-state index in [1.54, 1.807) is 21.8 Å². The molecule has 1 unspecified atom stereocenters. The van der Waals surface area contributed by atoms with Crippen molar-refractivity contribution in [1.29, 1.82) is 0 Å². The van der Waals surface area contributed by atoms with Gasteiger partial charge < -0.3 is 9.64 Å². The van der Waals surface area contributed by atoms with Crippen LogP contribution in [0.1, 0.15) is 43.9 Å². The normalized spacial score (nSPS) is 17.8. The first kappa shape index (κ1) is 27.1. The van der Waals surface area contributed by atoms with Gasteiger partial charge in [-0.3, -0.25) is 19.3 Å². The summed E-state index contributed by atoms with van der Waals surface area (Å²) in [7, 11) is 0. The number of halogens is 2. The monoisotopic (exact) mass is 599 g/mol. The molecule has 0 radical (unpaired) electrons. The number of aromatic nitrogens is 1. The highest BCUT2D eigenvalue weighted by Crippen LogP contribution is 2.56. The minimum Gasteiger partial charge on any atom is -0.482 e. The molecular weight excluding hydrogens is 572 g/mol. The zero-order chi connectivity index (χ0) is 30.7. The fourth-order valence-electron chi connectivity index (χ4n) is 7.07. The van der Waals surface area contributed by atoms with Crippen LogP contribution in [0.2, 0.25) is 0 Å². The Labute approximate surface area is 258 Å². The van der Waals surface area contributed by atoms with Crippen LogP contribution in [0.3, 0.4) is 0 Å². The summed E-state index contributed by atoms with van der Waals surface area (Å²) >= 11 is 0. The van der Waals surface area contributed by atoms with E-state index >= 15 is 4.39 Å². The molecule has 2 aliphatic carbocycles. The van der Waals surface area contributed by atoms with Crippen LogP contribution in [0.15, 0.2) is 120 Å². The summed E-state index contributed by atoms with van der Waals surface area (Å²) in [5, 5.41) is 1.99. The Morgan fingerprint density at radius 1 is 0.778 bits per heavy atom. The van der Waals surface area contributed by atoms with Crippen LogP contribution in [0, 0.1) is 11.6 Å². The van der Waals surface area contributed by atoms with Crippen LogP contribution in [-0.2, 0) is 25.1 Å². The summed E-state index contributed by atoms with van der Waals surface area (Å²) in [6, 6.07) is 31.1. The van der Waals surface area contributed by atoms with Crippen LogP contribution in [0.25, 0.3) is 6.08 Å². The zero-order valence-electron chi connectivity index (χ0n) is 24.1.